The summed E-state index contributed by atoms with van der Waals surface area (Å²) < 4.78 is 13.6. The van der Waals surface area contributed by atoms with Crippen LogP contribution in [0.2, 0.25) is 0 Å². The van der Waals surface area contributed by atoms with E-state index >= 15 is 0 Å². The highest BCUT2D eigenvalue weighted by molar-refractivity contribution is 8.51. The number of carbonyl (C=O) groups is 1. The molecule has 7 aliphatic rings. The molecule has 3 heterocycles. The van der Waals surface area contributed by atoms with Gasteiger partial charge < -0.3 is 19.7 Å². The molecule has 3 aliphatic heterocycles. The van der Waals surface area contributed by atoms with Crippen LogP contribution in [0.5, 0.6) is 0 Å². The third-order valence-electron chi connectivity index (χ3n) is 14.7. The van der Waals surface area contributed by atoms with Crippen LogP contribution in [0.1, 0.15) is 100 Å². The van der Waals surface area contributed by atoms with E-state index in [1.807, 2.05) is 0 Å². The van der Waals surface area contributed by atoms with Crippen molar-refractivity contribution in [1.29, 1.82) is 0 Å². The molecule has 0 amide bonds. The second kappa shape index (κ2) is 8.98. The molecule has 238 valence electrons. The van der Waals surface area contributed by atoms with Gasteiger partial charge in [-0.2, -0.15) is 0 Å². The maximum Gasteiger partial charge on any atom is 0.303 e. The third kappa shape index (κ3) is 3.15. The van der Waals surface area contributed by atoms with E-state index in [-0.39, 0.29) is 49.4 Å². The third-order valence-corrected chi connectivity index (χ3v) is 23.1. The zero-order chi connectivity index (χ0) is 30.5. The Morgan fingerprint density at radius 2 is 1.98 bits per heavy atom. The van der Waals surface area contributed by atoms with Crippen LogP contribution in [0.25, 0.3) is 0 Å². The fourth-order valence-electron chi connectivity index (χ4n) is 13.4. The summed E-state index contributed by atoms with van der Waals surface area (Å²) in [6.07, 6.45) is 12.0. The molecule has 13 atom stereocenters. The second-order valence-corrected chi connectivity index (χ2v) is 22.4. The first kappa shape index (κ1) is 30.4. The number of hydrogen-bond acceptors (Lipinski definition) is 6. The Kier molecular flexibility index (Phi) is 6.51. The minimum absolute atomic E-state index is 0.0571. The minimum Gasteiger partial charge on any atom is -0.457 e. The molecule has 2 N–H and O–H groups in total. The average molecular weight is 621 g/mol. The zero-order valence-electron chi connectivity index (χ0n) is 27.5. The van der Waals surface area contributed by atoms with Crippen LogP contribution >= 0.6 is 21.8 Å². The summed E-state index contributed by atoms with van der Waals surface area (Å²) in [4.78, 5) is 12.2. The van der Waals surface area contributed by atoms with Crippen molar-refractivity contribution in [3.63, 3.8) is 0 Å². The first-order valence-electron chi connectivity index (χ1n) is 16.8. The van der Waals surface area contributed by atoms with E-state index in [0.29, 0.717) is 23.7 Å². The highest BCUT2D eigenvalue weighted by atomic mass is 32.3. The maximum absolute atomic E-state index is 12.2. The van der Waals surface area contributed by atoms with E-state index < -0.39 is 21.7 Å². The van der Waals surface area contributed by atoms with E-state index in [1.54, 1.807) is 19.4 Å². The normalized spacial score (nSPS) is 55.8. The topological polar surface area (TPSA) is 76.0 Å². The van der Waals surface area contributed by atoms with Crippen LogP contribution in [-0.2, 0) is 14.3 Å². The molecular formula is C35H56O5S2. The molecule has 2 spiro atoms. The second-order valence-electron chi connectivity index (χ2n) is 16.9. The van der Waals surface area contributed by atoms with E-state index in [1.165, 1.54) is 37.7 Å². The number of thioether (sulfide) groups is 1. The van der Waals surface area contributed by atoms with Crippen LogP contribution in [0.15, 0.2) is 11.6 Å². The van der Waals surface area contributed by atoms with Gasteiger partial charge in [-0.25, -0.2) is 10.0 Å². The predicted molar refractivity (Wildman–Crippen MR) is 173 cm³/mol. The Hall–Kier alpha value is -0.210. The van der Waals surface area contributed by atoms with Gasteiger partial charge in [0.1, 0.15) is 0 Å². The van der Waals surface area contributed by atoms with Gasteiger partial charge in [-0.05, 0) is 111 Å². The number of esters is 1. The van der Waals surface area contributed by atoms with Crippen LogP contribution in [-0.4, -0.2) is 72.8 Å². The number of ether oxygens (including phenoxy) is 2. The largest absolute Gasteiger partial charge is 0.457 e. The first-order valence-corrected chi connectivity index (χ1v) is 20.0. The standard InChI is InChI=1S/C35H56O5S2/c1-10-33-16-14-26(37)30(4,5)25(33)12-11-23-22(33)13-15-32(8)27-20(2)19-24(28(31(6,7)38)39-21(3)36)40-29(27)35-34(23,32)42(35,9)18-17-41-35/h13,20,23-29,37-38H,10-12,14-19H2,1-9H3/t20-,23+,24?,25?,26?,27+,28?,29?,32?,33?,34-,35?/m1/s1. The smallest absolute Gasteiger partial charge is 0.303 e. The number of fused-ring (bicyclic) bond motifs is 5. The molecule has 0 aromatic carbocycles. The van der Waals surface area contributed by atoms with Crippen molar-refractivity contribution in [1.82, 2.24) is 0 Å². The van der Waals surface area contributed by atoms with Gasteiger partial charge in [0.25, 0.3) is 0 Å². The van der Waals surface area contributed by atoms with E-state index in [0.717, 1.165) is 25.7 Å². The molecule has 5 nitrogen and oxygen atoms in total. The van der Waals surface area contributed by atoms with Crippen LogP contribution in [0.4, 0.5) is 0 Å². The fraction of sp³-hybridized carbons (Fsp3) is 0.914. The predicted octanol–water partition coefficient (Wildman–Crippen LogP) is 6.68. The Balaban J connectivity index is 1.34. The fourth-order valence-corrected chi connectivity index (χ4v) is 24.5. The molecule has 42 heavy (non-hydrogen) atoms. The Bertz CT molecular complexity index is 1210. The van der Waals surface area contributed by atoms with Crippen LogP contribution in [0.3, 0.4) is 0 Å². The lowest BCUT2D eigenvalue weighted by Crippen LogP contribution is -2.60. The van der Waals surface area contributed by atoms with E-state index in [2.05, 4.69) is 58.7 Å². The van der Waals surface area contributed by atoms with Crippen LogP contribution < -0.4 is 0 Å². The van der Waals surface area contributed by atoms with Gasteiger partial charge >= 0.3 is 5.97 Å². The zero-order valence-corrected chi connectivity index (χ0v) is 29.1. The van der Waals surface area contributed by atoms with Gasteiger partial charge in [0.2, 0.25) is 0 Å². The molecule has 9 unspecified atom stereocenters. The molecule has 6 fully saturated rings. The van der Waals surface area contributed by atoms with Crippen molar-refractivity contribution >= 4 is 27.8 Å². The lowest BCUT2D eigenvalue weighted by Gasteiger charge is -2.64. The summed E-state index contributed by atoms with van der Waals surface area (Å²) in [7, 11) is -0.970. The van der Waals surface area contributed by atoms with Crippen molar-refractivity contribution in [2.75, 3.05) is 17.8 Å². The van der Waals surface area contributed by atoms with Crippen molar-refractivity contribution in [2.24, 2.45) is 39.9 Å². The van der Waals surface area contributed by atoms with Crippen molar-refractivity contribution in [3.05, 3.63) is 11.6 Å². The number of aliphatic hydroxyl groups is 2. The molecule has 0 radical (unpaired) electrons. The molecule has 3 saturated heterocycles. The first-order chi connectivity index (χ1) is 19.5. The summed E-state index contributed by atoms with van der Waals surface area (Å²) in [5, 5.41) is 22.3. The highest BCUT2D eigenvalue weighted by Crippen LogP contribution is 3.06. The molecule has 4 aliphatic carbocycles. The summed E-state index contributed by atoms with van der Waals surface area (Å²) in [6, 6.07) is 0. The lowest BCUT2D eigenvalue weighted by atomic mass is 9.43. The lowest BCUT2D eigenvalue weighted by molar-refractivity contribution is -0.208. The summed E-state index contributed by atoms with van der Waals surface area (Å²) in [6.45, 7) is 17.2. The monoisotopic (exact) mass is 620 g/mol. The highest BCUT2D eigenvalue weighted by Gasteiger charge is 2.99. The molecule has 0 aromatic heterocycles. The van der Waals surface area contributed by atoms with E-state index in [4.69, 9.17) is 9.47 Å². The van der Waals surface area contributed by atoms with Crippen molar-refractivity contribution in [3.8, 4) is 0 Å². The molecule has 7 rings (SSSR count). The summed E-state index contributed by atoms with van der Waals surface area (Å²) in [5.41, 5.74) is 0.932. The van der Waals surface area contributed by atoms with Crippen molar-refractivity contribution in [2.45, 2.75) is 139 Å². The summed E-state index contributed by atoms with van der Waals surface area (Å²) >= 11 is 2.25. The Morgan fingerprint density at radius 1 is 1.26 bits per heavy atom. The number of allylic oxidation sites excluding steroid dienone is 2. The SMILES string of the molecule is CCC12CCC(O)C(C)(C)C1CC[C@H]1C2=CCC2(C)[C@@H]3C(OC(C(OC(C)=O)C(C)(C)O)C[C@H]3C)C34SCCS3(C)[C@]124. The quantitative estimate of drug-likeness (QED) is 0.207. The van der Waals surface area contributed by atoms with Gasteiger partial charge in [0, 0.05) is 17.4 Å². The number of aliphatic hydroxyl groups excluding tert-OH is 1. The summed E-state index contributed by atoms with van der Waals surface area (Å²) in [5.74, 6) is 4.23. The minimum atomic E-state index is -1.17. The molecule has 7 heteroatoms. The van der Waals surface area contributed by atoms with Gasteiger partial charge in [-0.3, -0.25) is 4.79 Å². The number of rotatable bonds is 4. The molecule has 3 saturated carbocycles. The van der Waals surface area contributed by atoms with Crippen molar-refractivity contribution < 1.29 is 24.5 Å². The van der Waals surface area contributed by atoms with Gasteiger partial charge in [0.15, 0.2) is 6.10 Å². The van der Waals surface area contributed by atoms with Gasteiger partial charge in [0.05, 0.1) is 28.0 Å². The van der Waals surface area contributed by atoms with Crippen LogP contribution in [0, 0.1) is 39.9 Å². The Labute approximate surface area is 260 Å². The maximum atomic E-state index is 12.2. The molecular weight excluding hydrogens is 565 g/mol. The molecule has 0 aromatic rings. The number of hydrogen-bond donors (Lipinski definition) is 2. The number of carbonyl (C=O) groups excluding carboxylic acids is 1. The van der Waals surface area contributed by atoms with Gasteiger partial charge in [-0.1, -0.05) is 46.3 Å². The van der Waals surface area contributed by atoms with Gasteiger partial charge in [-0.15, -0.1) is 11.8 Å². The average Bonchev–Trinajstić information content (AvgIpc) is 3.09. The molecule has 0 bridgehead atoms. The Morgan fingerprint density at radius 3 is 2.62 bits per heavy atom. The van der Waals surface area contributed by atoms with E-state index in [9.17, 15) is 15.0 Å².